The third-order valence-electron chi connectivity index (χ3n) is 2.78. The Morgan fingerprint density at radius 2 is 1.67 bits per heavy atom. The van der Waals surface area contributed by atoms with E-state index in [4.69, 9.17) is 28.9 Å². The molecule has 0 radical (unpaired) electrons. The van der Waals surface area contributed by atoms with Gasteiger partial charge in [0.15, 0.2) is 0 Å². The van der Waals surface area contributed by atoms with Crippen molar-refractivity contribution in [1.29, 1.82) is 0 Å². The van der Waals surface area contributed by atoms with Crippen molar-refractivity contribution in [3.63, 3.8) is 0 Å². The van der Waals surface area contributed by atoms with E-state index in [0.29, 0.717) is 17.0 Å². The summed E-state index contributed by atoms with van der Waals surface area (Å²) in [6.45, 7) is 0. The van der Waals surface area contributed by atoms with E-state index in [1.54, 1.807) is 18.2 Å². The second-order valence-corrected chi connectivity index (χ2v) is 4.86. The first-order chi connectivity index (χ1) is 8.59. The maximum Gasteiger partial charge on any atom is 0.145 e. The van der Waals surface area contributed by atoms with Crippen LogP contribution in [0.15, 0.2) is 42.5 Å². The molecule has 1 nitrogen and oxygen atoms in total. The molecule has 1 atom stereocenters. The normalized spacial score (nSPS) is 12.4. The van der Waals surface area contributed by atoms with Gasteiger partial charge in [0, 0.05) is 11.1 Å². The molecule has 18 heavy (non-hydrogen) atoms. The lowest BCUT2D eigenvalue weighted by Crippen LogP contribution is -2.14. The number of hydrogen-bond acceptors (Lipinski definition) is 1. The van der Waals surface area contributed by atoms with E-state index in [2.05, 4.69) is 0 Å². The summed E-state index contributed by atoms with van der Waals surface area (Å²) >= 11 is 11.8. The van der Waals surface area contributed by atoms with Crippen molar-refractivity contribution in [2.75, 3.05) is 0 Å². The van der Waals surface area contributed by atoms with Crippen LogP contribution >= 0.6 is 23.2 Å². The van der Waals surface area contributed by atoms with Crippen LogP contribution in [0.1, 0.15) is 17.2 Å². The summed E-state index contributed by atoms with van der Waals surface area (Å²) in [6.07, 6.45) is 0.357. The van der Waals surface area contributed by atoms with Gasteiger partial charge in [-0.05, 0) is 29.7 Å². The zero-order chi connectivity index (χ0) is 13.1. The van der Waals surface area contributed by atoms with E-state index in [1.807, 2.05) is 18.2 Å². The summed E-state index contributed by atoms with van der Waals surface area (Å²) < 4.78 is 13.8. The Hall–Kier alpha value is -1.09. The van der Waals surface area contributed by atoms with Crippen LogP contribution in [0.3, 0.4) is 0 Å². The molecule has 0 aromatic heterocycles. The third-order valence-corrected chi connectivity index (χ3v) is 3.41. The fourth-order valence-corrected chi connectivity index (χ4v) is 2.30. The molecule has 0 fully saturated rings. The van der Waals surface area contributed by atoms with E-state index >= 15 is 0 Å². The average Bonchev–Trinajstić information content (AvgIpc) is 2.35. The first-order valence-electron chi connectivity index (χ1n) is 5.52. The molecule has 0 saturated carbocycles. The van der Waals surface area contributed by atoms with Crippen molar-refractivity contribution >= 4 is 23.2 Å². The molecule has 1 unspecified atom stereocenters. The number of rotatable bonds is 3. The first-order valence-corrected chi connectivity index (χ1v) is 6.28. The lowest BCUT2D eigenvalue weighted by molar-refractivity contribution is 0.594. The number of benzene rings is 2. The highest BCUT2D eigenvalue weighted by atomic mass is 35.5. The smallest absolute Gasteiger partial charge is 0.145 e. The summed E-state index contributed by atoms with van der Waals surface area (Å²) in [5.41, 5.74) is 7.35. The van der Waals surface area contributed by atoms with Crippen LogP contribution in [-0.2, 0) is 6.42 Å². The van der Waals surface area contributed by atoms with E-state index in [1.165, 1.54) is 6.07 Å². The molecule has 2 rings (SSSR count). The molecule has 2 aromatic rings. The van der Waals surface area contributed by atoms with Gasteiger partial charge < -0.3 is 5.73 Å². The van der Waals surface area contributed by atoms with Crippen LogP contribution in [0.2, 0.25) is 10.0 Å². The van der Waals surface area contributed by atoms with E-state index in [0.717, 1.165) is 5.56 Å². The van der Waals surface area contributed by atoms with Crippen LogP contribution in [-0.4, -0.2) is 0 Å². The zero-order valence-electron chi connectivity index (χ0n) is 9.54. The molecule has 0 spiro atoms. The average molecular weight is 284 g/mol. The summed E-state index contributed by atoms with van der Waals surface area (Å²) in [6, 6.07) is 11.8. The molecule has 0 amide bonds. The van der Waals surface area contributed by atoms with Crippen molar-refractivity contribution < 1.29 is 4.39 Å². The minimum Gasteiger partial charge on any atom is -0.324 e. The molecule has 0 heterocycles. The van der Waals surface area contributed by atoms with Gasteiger partial charge in [-0.25, -0.2) is 4.39 Å². The van der Waals surface area contributed by atoms with Crippen molar-refractivity contribution in [1.82, 2.24) is 0 Å². The summed E-state index contributed by atoms with van der Waals surface area (Å²) in [7, 11) is 0. The summed E-state index contributed by atoms with van der Waals surface area (Å²) in [5, 5.41) is 0.700. The van der Waals surface area contributed by atoms with Gasteiger partial charge in [0.2, 0.25) is 0 Å². The highest BCUT2D eigenvalue weighted by Crippen LogP contribution is 2.26. The van der Waals surface area contributed by atoms with E-state index in [-0.39, 0.29) is 11.1 Å². The lowest BCUT2D eigenvalue weighted by atomic mass is 9.99. The van der Waals surface area contributed by atoms with Gasteiger partial charge in [-0.2, -0.15) is 0 Å². The third kappa shape index (κ3) is 2.83. The SMILES string of the molecule is NC(Cc1cccc(Cl)c1F)c1ccccc1Cl. The summed E-state index contributed by atoms with van der Waals surface area (Å²) in [5.74, 6) is -0.415. The number of halogens is 3. The highest BCUT2D eigenvalue weighted by Gasteiger charge is 2.14. The van der Waals surface area contributed by atoms with E-state index < -0.39 is 5.82 Å². The molecule has 0 aliphatic rings. The number of nitrogens with two attached hydrogens (primary N) is 1. The van der Waals surface area contributed by atoms with Gasteiger partial charge in [0.25, 0.3) is 0 Å². The molecule has 2 N–H and O–H groups in total. The topological polar surface area (TPSA) is 26.0 Å². The van der Waals surface area contributed by atoms with Crippen LogP contribution in [0.5, 0.6) is 0 Å². The Bertz CT molecular complexity index is 557. The van der Waals surface area contributed by atoms with Gasteiger partial charge in [-0.15, -0.1) is 0 Å². The van der Waals surface area contributed by atoms with Crippen LogP contribution in [0.25, 0.3) is 0 Å². The standard InChI is InChI=1S/C14H12Cl2FN/c15-11-6-2-1-5-10(11)13(18)8-9-4-3-7-12(16)14(9)17/h1-7,13H,8,18H2. The Morgan fingerprint density at radius 1 is 1.00 bits per heavy atom. The van der Waals surface area contributed by atoms with Gasteiger partial charge in [-0.1, -0.05) is 53.5 Å². The second-order valence-electron chi connectivity index (χ2n) is 4.05. The maximum atomic E-state index is 13.8. The molecule has 2 aromatic carbocycles. The quantitative estimate of drug-likeness (QED) is 0.889. The first kappa shape index (κ1) is 13.3. The predicted molar refractivity (Wildman–Crippen MR) is 73.5 cm³/mol. The number of hydrogen-bond donors (Lipinski definition) is 1. The predicted octanol–water partition coefficient (Wildman–Crippen LogP) is 4.38. The van der Waals surface area contributed by atoms with Gasteiger partial charge in [0.1, 0.15) is 5.82 Å². The molecule has 94 valence electrons. The fourth-order valence-electron chi connectivity index (χ4n) is 1.83. The maximum absolute atomic E-state index is 13.8. The lowest BCUT2D eigenvalue weighted by Gasteiger charge is -2.14. The van der Waals surface area contributed by atoms with Crippen molar-refractivity contribution in [3.8, 4) is 0 Å². The largest absolute Gasteiger partial charge is 0.324 e. The second kappa shape index (κ2) is 5.70. The minimum atomic E-state index is -0.415. The molecule has 0 aliphatic heterocycles. The van der Waals surface area contributed by atoms with Crippen LogP contribution < -0.4 is 5.73 Å². The van der Waals surface area contributed by atoms with Crippen LogP contribution in [0.4, 0.5) is 4.39 Å². The Labute approximate surface area is 115 Å². The van der Waals surface area contributed by atoms with Crippen molar-refractivity contribution in [3.05, 3.63) is 69.5 Å². The Morgan fingerprint density at radius 3 is 2.39 bits per heavy atom. The van der Waals surface area contributed by atoms with Gasteiger partial charge in [0.05, 0.1) is 5.02 Å². The van der Waals surface area contributed by atoms with Crippen LogP contribution in [0, 0.1) is 5.82 Å². The van der Waals surface area contributed by atoms with Gasteiger partial charge in [-0.3, -0.25) is 0 Å². The van der Waals surface area contributed by atoms with Crippen molar-refractivity contribution in [2.24, 2.45) is 5.73 Å². The summed E-state index contributed by atoms with van der Waals surface area (Å²) in [4.78, 5) is 0. The molecular formula is C14H12Cl2FN. The Balaban J connectivity index is 2.24. The highest BCUT2D eigenvalue weighted by molar-refractivity contribution is 6.31. The molecule has 4 heteroatoms. The molecular weight excluding hydrogens is 272 g/mol. The Kier molecular flexibility index (Phi) is 4.23. The van der Waals surface area contributed by atoms with Crippen molar-refractivity contribution in [2.45, 2.75) is 12.5 Å². The molecule has 0 bridgehead atoms. The zero-order valence-corrected chi connectivity index (χ0v) is 11.0. The van der Waals surface area contributed by atoms with E-state index in [9.17, 15) is 4.39 Å². The van der Waals surface area contributed by atoms with Gasteiger partial charge >= 0.3 is 0 Å². The minimum absolute atomic E-state index is 0.110. The molecule has 0 saturated heterocycles. The molecule has 0 aliphatic carbocycles. The fraction of sp³-hybridized carbons (Fsp3) is 0.143. The monoisotopic (exact) mass is 283 g/mol.